The van der Waals surface area contributed by atoms with Crippen molar-refractivity contribution in [2.75, 3.05) is 26.2 Å². The molecular weight excluding hydrogens is 290 g/mol. The van der Waals surface area contributed by atoms with Crippen LogP contribution in [0.25, 0.3) is 0 Å². The molecule has 2 aliphatic rings. The number of rotatable bonds is 3. The van der Waals surface area contributed by atoms with E-state index in [0.717, 1.165) is 42.9 Å². The normalized spacial score (nSPS) is 19.9. The van der Waals surface area contributed by atoms with Gasteiger partial charge in [0.25, 0.3) is 0 Å². The van der Waals surface area contributed by atoms with Gasteiger partial charge in [-0.25, -0.2) is 0 Å². The molecule has 0 atom stereocenters. The van der Waals surface area contributed by atoms with E-state index in [1.165, 1.54) is 18.4 Å². The Bertz CT molecular complexity index is 465. The first-order valence-corrected chi connectivity index (χ1v) is 8.01. The molecule has 0 spiro atoms. The van der Waals surface area contributed by atoms with Crippen LogP contribution < -0.4 is 5.32 Å². The van der Waals surface area contributed by atoms with Crippen molar-refractivity contribution in [2.24, 2.45) is 0 Å². The van der Waals surface area contributed by atoms with E-state index in [1.807, 2.05) is 12.1 Å². The molecule has 1 aromatic carbocycles. The molecule has 1 N–H and O–H groups in total. The van der Waals surface area contributed by atoms with E-state index >= 15 is 0 Å². The molecule has 0 amide bonds. The van der Waals surface area contributed by atoms with Crippen LogP contribution in [0.15, 0.2) is 24.3 Å². The summed E-state index contributed by atoms with van der Waals surface area (Å²) in [6, 6.07) is 8.78. The minimum Gasteiger partial charge on any atom is -0.360 e. The van der Waals surface area contributed by atoms with Crippen molar-refractivity contribution in [3.63, 3.8) is 0 Å². The number of nitrogens with one attached hydrogen (secondary N) is 1. The highest BCUT2D eigenvalue weighted by Crippen LogP contribution is 2.19. The molecule has 2 fully saturated rings. The molecule has 0 bridgehead atoms. The van der Waals surface area contributed by atoms with Gasteiger partial charge in [0.2, 0.25) is 0 Å². The third kappa shape index (κ3) is 3.84. The van der Waals surface area contributed by atoms with Gasteiger partial charge < -0.3 is 10.2 Å². The molecule has 1 saturated heterocycles. The quantitative estimate of drug-likeness (QED) is 0.864. The Labute approximate surface area is 130 Å². The van der Waals surface area contributed by atoms with Crippen molar-refractivity contribution in [3.05, 3.63) is 34.9 Å². The Morgan fingerprint density at radius 2 is 1.80 bits per heavy atom. The average Bonchev–Trinajstić information content (AvgIpc) is 3.26. The van der Waals surface area contributed by atoms with Gasteiger partial charge in [0.15, 0.2) is 5.11 Å². The Hall–Kier alpha value is -0.840. The van der Waals surface area contributed by atoms with Gasteiger partial charge >= 0.3 is 0 Å². The molecule has 1 aliphatic heterocycles. The lowest BCUT2D eigenvalue weighted by atomic mass is 10.2. The highest BCUT2D eigenvalue weighted by Gasteiger charge is 2.25. The maximum atomic E-state index is 5.91. The summed E-state index contributed by atoms with van der Waals surface area (Å²) in [6.45, 7) is 5.16. The SMILES string of the molecule is S=C(NC1CC1)N1CCN(Cc2ccc(Cl)cc2)CC1. The summed E-state index contributed by atoms with van der Waals surface area (Å²) < 4.78 is 0. The zero-order chi connectivity index (χ0) is 13.9. The maximum absolute atomic E-state index is 5.91. The number of nitrogens with zero attached hydrogens (tertiary/aromatic N) is 2. The smallest absolute Gasteiger partial charge is 0.169 e. The number of thiocarbonyl (C=S) groups is 1. The maximum Gasteiger partial charge on any atom is 0.169 e. The third-order valence-electron chi connectivity index (χ3n) is 3.88. The van der Waals surface area contributed by atoms with Crippen LogP contribution in [0.3, 0.4) is 0 Å². The molecular formula is C15H20ClN3S. The van der Waals surface area contributed by atoms with Crippen molar-refractivity contribution >= 4 is 28.9 Å². The number of piperazine rings is 1. The van der Waals surface area contributed by atoms with Gasteiger partial charge in [-0.2, -0.15) is 0 Å². The second-order valence-electron chi connectivity index (χ2n) is 5.61. The number of hydrogen-bond acceptors (Lipinski definition) is 2. The fraction of sp³-hybridized carbons (Fsp3) is 0.533. The summed E-state index contributed by atoms with van der Waals surface area (Å²) in [5.41, 5.74) is 1.32. The second kappa shape index (κ2) is 6.29. The van der Waals surface area contributed by atoms with Crippen molar-refractivity contribution in [1.29, 1.82) is 0 Å². The Balaban J connectivity index is 1.45. The third-order valence-corrected chi connectivity index (χ3v) is 4.51. The van der Waals surface area contributed by atoms with Crippen LogP contribution in [-0.2, 0) is 6.54 Å². The molecule has 1 saturated carbocycles. The lowest BCUT2D eigenvalue weighted by Gasteiger charge is -2.36. The first-order chi connectivity index (χ1) is 9.70. The van der Waals surface area contributed by atoms with Crippen LogP contribution >= 0.6 is 23.8 Å². The summed E-state index contributed by atoms with van der Waals surface area (Å²) in [5.74, 6) is 0. The van der Waals surface area contributed by atoms with E-state index in [2.05, 4.69) is 27.2 Å². The van der Waals surface area contributed by atoms with Crippen molar-refractivity contribution in [2.45, 2.75) is 25.4 Å². The van der Waals surface area contributed by atoms with Crippen LogP contribution in [0.2, 0.25) is 5.02 Å². The molecule has 108 valence electrons. The molecule has 3 rings (SSSR count). The molecule has 0 radical (unpaired) electrons. The van der Waals surface area contributed by atoms with Gasteiger partial charge in [0.1, 0.15) is 0 Å². The number of benzene rings is 1. The summed E-state index contributed by atoms with van der Waals surface area (Å²) in [6.07, 6.45) is 2.55. The lowest BCUT2D eigenvalue weighted by Crippen LogP contribution is -2.51. The van der Waals surface area contributed by atoms with E-state index in [-0.39, 0.29) is 0 Å². The molecule has 0 aromatic heterocycles. The van der Waals surface area contributed by atoms with Gasteiger partial charge in [-0.1, -0.05) is 23.7 Å². The molecule has 1 heterocycles. The number of halogens is 1. The van der Waals surface area contributed by atoms with Crippen molar-refractivity contribution in [1.82, 2.24) is 15.1 Å². The minimum atomic E-state index is 0.648. The van der Waals surface area contributed by atoms with Crippen LogP contribution in [0.1, 0.15) is 18.4 Å². The standard InChI is InChI=1S/C15H20ClN3S/c16-13-3-1-12(2-4-13)11-18-7-9-19(10-8-18)15(20)17-14-5-6-14/h1-4,14H,5-11H2,(H,17,20). The molecule has 1 aliphatic carbocycles. The van der Waals surface area contributed by atoms with Gasteiger partial charge in [-0.15, -0.1) is 0 Å². The minimum absolute atomic E-state index is 0.648. The van der Waals surface area contributed by atoms with Crippen LogP contribution in [-0.4, -0.2) is 47.1 Å². The first kappa shape index (κ1) is 14.1. The molecule has 1 aromatic rings. The van der Waals surface area contributed by atoms with Crippen LogP contribution in [0.4, 0.5) is 0 Å². The Morgan fingerprint density at radius 3 is 2.40 bits per heavy atom. The molecule has 20 heavy (non-hydrogen) atoms. The van der Waals surface area contributed by atoms with Gasteiger partial charge in [-0.3, -0.25) is 4.90 Å². The van der Waals surface area contributed by atoms with Gasteiger partial charge in [0, 0.05) is 43.8 Å². The predicted octanol–water partition coefficient (Wildman–Crippen LogP) is 2.49. The second-order valence-corrected chi connectivity index (χ2v) is 6.44. The summed E-state index contributed by atoms with van der Waals surface area (Å²) >= 11 is 11.4. The fourth-order valence-electron chi connectivity index (χ4n) is 2.45. The summed E-state index contributed by atoms with van der Waals surface area (Å²) in [7, 11) is 0. The number of hydrogen-bond donors (Lipinski definition) is 1. The monoisotopic (exact) mass is 309 g/mol. The molecule has 0 unspecified atom stereocenters. The van der Waals surface area contributed by atoms with Crippen molar-refractivity contribution in [3.8, 4) is 0 Å². The van der Waals surface area contributed by atoms with E-state index in [4.69, 9.17) is 23.8 Å². The van der Waals surface area contributed by atoms with E-state index < -0.39 is 0 Å². The Kier molecular flexibility index (Phi) is 4.44. The molecule has 3 nitrogen and oxygen atoms in total. The van der Waals surface area contributed by atoms with Crippen LogP contribution in [0.5, 0.6) is 0 Å². The van der Waals surface area contributed by atoms with E-state index in [1.54, 1.807) is 0 Å². The highest BCUT2D eigenvalue weighted by molar-refractivity contribution is 7.80. The summed E-state index contributed by atoms with van der Waals surface area (Å²) in [5, 5.41) is 5.16. The van der Waals surface area contributed by atoms with E-state index in [0.29, 0.717) is 6.04 Å². The Morgan fingerprint density at radius 1 is 1.15 bits per heavy atom. The highest BCUT2D eigenvalue weighted by atomic mass is 35.5. The first-order valence-electron chi connectivity index (χ1n) is 7.23. The van der Waals surface area contributed by atoms with Gasteiger partial charge in [-0.05, 0) is 42.8 Å². The zero-order valence-corrected chi connectivity index (χ0v) is 13.1. The van der Waals surface area contributed by atoms with Crippen molar-refractivity contribution < 1.29 is 0 Å². The average molecular weight is 310 g/mol. The zero-order valence-electron chi connectivity index (χ0n) is 11.5. The lowest BCUT2D eigenvalue weighted by molar-refractivity contribution is 0.174. The van der Waals surface area contributed by atoms with Gasteiger partial charge in [0.05, 0.1) is 0 Å². The largest absolute Gasteiger partial charge is 0.360 e. The topological polar surface area (TPSA) is 18.5 Å². The van der Waals surface area contributed by atoms with E-state index in [9.17, 15) is 0 Å². The van der Waals surface area contributed by atoms with Crippen LogP contribution in [0, 0.1) is 0 Å². The predicted molar refractivity (Wildman–Crippen MR) is 87.1 cm³/mol. The fourth-order valence-corrected chi connectivity index (χ4v) is 2.93. The summed E-state index contributed by atoms with van der Waals surface area (Å²) in [4.78, 5) is 4.77. The molecule has 5 heteroatoms.